The number of carbonyl (C=O) groups is 2. The zero-order chi connectivity index (χ0) is 21.4. The van der Waals surface area contributed by atoms with E-state index in [1.807, 2.05) is 6.26 Å². The second-order valence-electron chi connectivity index (χ2n) is 6.16. The van der Waals surface area contributed by atoms with E-state index < -0.39 is 22.0 Å². The number of rotatable bonds is 9. The highest BCUT2D eigenvalue weighted by Crippen LogP contribution is 2.18. The zero-order valence-electron chi connectivity index (χ0n) is 15.9. The lowest BCUT2D eigenvalue weighted by atomic mass is 10.2. The Labute approximate surface area is 179 Å². The third-order valence-electron chi connectivity index (χ3n) is 3.80. The van der Waals surface area contributed by atoms with Gasteiger partial charge in [0.2, 0.25) is 21.8 Å². The Morgan fingerprint density at radius 3 is 2.28 bits per heavy atom. The van der Waals surface area contributed by atoms with Crippen LogP contribution in [-0.4, -0.2) is 38.3 Å². The van der Waals surface area contributed by atoms with Gasteiger partial charge in [0.15, 0.2) is 0 Å². The van der Waals surface area contributed by atoms with Gasteiger partial charge in [-0.05, 0) is 60.9 Å². The fraction of sp³-hybridized carbons (Fsp3) is 0.263. The first kappa shape index (κ1) is 23.2. The molecule has 0 aliphatic rings. The molecule has 29 heavy (non-hydrogen) atoms. The van der Waals surface area contributed by atoms with Crippen LogP contribution < -0.4 is 15.4 Å². The molecule has 1 atom stereocenters. The number of carbonyl (C=O) groups excluding carboxylic acids is 2. The van der Waals surface area contributed by atoms with Crippen LogP contribution >= 0.6 is 23.4 Å². The van der Waals surface area contributed by atoms with E-state index in [2.05, 4.69) is 15.4 Å². The summed E-state index contributed by atoms with van der Waals surface area (Å²) in [5.74, 6) is -0.133. The quantitative estimate of drug-likeness (QED) is 0.538. The molecule has 3 N–H and O–H groups in total. The molecule has 0 saturated heterocycles. The average Bonchev–Trinajstić information content (AvgIpc) is 2.65. The van der Waals surface area contributed by atoms with Gasteiger partial charge < -0.3 is 10.6 Å². The predicted octanol–water partition coefficient (Wildman–Crippen LogP) is 3.34. The summed E-state index contributed by atoms with van der Waals surface area (Å²) in [4.78, 5) is 24.0. The van der Waals surface area contributed by atoms with Gasteiger partial charge in [0.1, 0.15) is 6.04 Å². The molecule has 0 aliphatic heterocycles. The van der Waals surface area contributed by atoms with Crippen LogP contribution in [0.5, 0.6) is 0 Å². The van der Waals surface area contributed by atoms with Crippen molar-refractivity contribution in [2.24, 2.45) is 0 Å². The van der Waals surface area contributed by atoms with E-state index in [9.17, 15) is 18.0 Å². The largest absolute Gasteiger partial charge is 0.326 e. The molecule has 2 rings (SSSR count). The van der Waals surface area contributed by atoms with Crippen molar-refractivity contribution in [1.29, 1.82) is 0 Å². The van der Waals surface area contributed by atoms with Gasteiger partial charge in [0, 0.05) is 23.3 Å². The molecule has 0 aromatic heterocycles. The maximum Gasteiger partial charge on any atom is 0.242 e. The highest BCUT2D eigenvalue weighted by molar-refractivity contribution is 7.98. The number of sulfonamides is 1. The number of thioether (sulfide) groups is 1. The highest BCUT2D eigenvalue weighted by Gasteiger charge is 2.25. The summed E-state index contributed by atoms with van der Waals surface area (Å²) in [6.45, 7) is 1.38. The summed E-state index contributed by atoms with van der Waals surface area (Å²) in [5, 5.41) is 5.75. The summed E-state index contributed by atoms with van der Waals surface area (Å²) >= 11 is 7.32. The van der Waals surface area contributed by atoms with Gasteiger partial charge in [-0.1, -0.05) is 17.7 Å². The molecule has 2 aromatic rings. The van der Waals surface area contributed by atoms with Crippen molar-refractivity contribution < 1.29 is 18.0 Å². The minimum Gasteiger partial charge on any atom is -0.326 e. The molecule has 2 aromatic carbocycles. The van der Waals surface area contributed by atoms with E-state index in [4.69, 9.17) is 11.6 Å². The van der Waals surface area contributed by atoms with Crippen molar-refractivity contribution in [3.63, 3.8) is 0 Å². The number of halogens is 1. The molecule has 156 valence electrons. The Hall–Kier alpha value is -2.07. The van der Waals surface area contributed by atoms with Crippen molar-refractivity contribution in [2.45, 2.75) is 24.3 Å². The van der Waals surface area contributed by atoms with Gasteiger partial charge in [-0.15, -0.1) is 0 Å². The number of hydrogen-bond acceptors (Lipinski definition) is 5. The predicted molar refractivity (Wildman–Crippen MR) is 118 cm³/mol. The molecule has 2 amide bonds. The van der Waals surface area contributed by atoms with Crippen molar-refractivity contribution in [3.05, 3.63) is 53.6 Å². The van der Waals surface area contributed by atoms with Gasteiger partial charge in [-0.25, -0.2) is 8.42 Å². The highest BCUT2D eigenvalue weighted by atomic mass is 35.5. The second kappa shape index (κ2) is 10.6. The molecule has 0 saturated carbocycles. The first-order valence-electron chi connectivity index (χ1n) is 8.66. The average molecular weight is 456 g/mol. The van der Waals surface area contributed by atoms with E-state index >= 15 is 0 Å². The Kier molecular flexibility index (Phi) is 8.51. The van der Waals surface area contributed by atoms with Crippen LogP contribution in [0.2, 0.25) is 5.02 Å². The van der Waals surface area contributed by atoms with Gasteiger partial charge in [-0.2, -0.15) is 16.5 Å². The second-order valence-corrected chi connectivity index (χ2v) is 9.30. The maximum absolute atomic E-state index is 12.8. The standard InChI is InChI=1S/C19H22ClN3O4S2/c1-13(24)21-15-4-3-5-16(12-15)22-19(25)18(10-11-28-2)23-29(26,27)17-8-6-14(20)7-9-17/h3-9,12,18,23H,10-11H2,1-2H3,(H,21,24)(H,22,25). The molecule has 0 aliphatic carbocycles. The van der Waals surface area contributed by atoms with Crippen LogP contribution in [-0.2, 0) is 19.6 Å². The van der Waals surface area contributed by atoms with Crippen LogP contribution in [0, 0.1) is 0 Å². The smallest absolute Gasteiger partial charge is 0.242 e. The summed E-state index contributed by atoms with van der Waals surface area (Å²) in [6, 6.07) is 11.4. The summed E-state index contributed by atoms with van der Waals surface area (Å²) in [6.07, 6.45) is 2.19. The van der Waals surface area contributed by atoms with Crippen molar-refractivity contribution >= 4 is 56.6 Å². The number of benzene rings is 2. The Balaban J connectivity index is 2.17. The first-order valence-corrected chi connectivity index (χ1v) is 11.9. The lowest BCUT2D eigenvalue weighted by Gasteiger charge is -2.18. The first-order chi connectivity index (χ1) is 13.7. The molecule has 7 nitrogen and oxygen atoms in total. The van der Waals surface area contributed by atoms with Crippen molar-refractivity contribution in [2.75, 3.05) is 22.6 Å². The topological polar surface area (TPSA) is 104 Å². The van der Waals surface area contributed by atoms with Crippen molar-refractivity contribution in [3.8, 4) is 0 Å². The van der Waals surface area contributed by atoms with Crippen LogP contribution in [0.25, 0.3) is 0 Å². The molecule has 10 heteroatoms. The van der Waals surface area contributed by atoms with Crippen LogP contribution in [0.1, 0.15) is 13.3 Å². The fourth-order valence-electron chi connectivity index (χ4n) is 2.46. The minimum atomic E-state index is -3.90. The normalized spacial score (nSPS) is 12.2. The Morgan fingerprint density at radius 1 is 1.07 bits per heavy atom. The Bertz CT molecular complexity index is 966. The van der Waals surface area contributed by atoms with E-state index in [1.165, 1.54) is 43.0 Å². The maximum atomic E-state index is 12.8. The third kappa shape index (κ3) is 7.36. The SMILES string of the molecule is CSCCC(NS(=O)(=O)c1ccc(Cl)cc1)C(=O)Nc1cccc(NC(C)=O)c1. The number of hydrogen-bond donors (Lipinski definition) is 3. The molecular weight excluding hydrogens is 434 g/mol. The third-order valence-corrected chi connectivity index (χ3v) is 6.18. The zero-order valence-corrected chi connectivity index (χ0v) is 18.3. The summed E-state index contributed by atoms with van der Waals surface area (Å²) in [7, 11) is -3.90. The molecule has 0 fully saturated rings. The van der Waals surface area contributed by atoms with Gasteiger partial charge >= 0.3 is 0 Å². The fourth-order valence-corrected chi connectivity index (χ4v) is 4.28. The van der Waals surface area contributed by atoms with Crippen molar-refractivity contribution in [1.82, 2.24) is 4.72 Å². The number of amides is 2. The molecule has 0 heterocycles. The molecule has 1 unspecified atom stereocenters. The van der Waals surface area contributed by atoms with Gasteiger partial charge in [0.05, 0.1) is 4.90 Å². The van der Waals surface area contributed by atoms with Crippen LogP contribution in [0.15, 0.2) is 53.4 Å². The van der Waals surface area contributed by atoms with E-state index in [-0.39, 0.29) is 10.8 Å². The van der Waals surface area contributed by atoms with E-state index in [0.29, 0.717) is 28.6 Å². The van der Waals surface area contributed by atoms with Gasteiger partial charge in [0.25, 0.3) is 0 Å². The molecule has 0 radical (unpaired) electrons. The van der Waals surface area contributed by atoms with Gasteiger partial charge in [-0.3, -0.25) is 9.59 Å². The van der Waals surface area contributed by atoms with E-state index in [1.54, 1.807) is 24.3 Å². The van der Waals surface area contributed by atoms with Crippen LogP contribution in [0.3, 0.4) is 0 Å². The lowest BCUT2D eigenvalue weighted by Crippen LogP contribution is -2.44. The summed E-state index contributed by atoms with van der Waals surface area (Å²) in [5.41, 5.74) is 0.971. The number of anilines is 2. The van der Waals surface area contributed by atoms with E-state index in [0.717, 1.165) is 0 Å². The molecule has 0 spiro atoms. The van der Waals surface area contributed by atoms with Crippen LogP contribution in [0.4, 0.5) is 11.4 Å². The Morgan fingerprint density at radius 2 is 1.69 bits per heavy atom. The lowest BCUT2D eigenvalue weighted by molar-refractivity contribution is -0.117. The minimum absolute atomic E-state index is 0.0245. The number of nitrogens with one attached hydrogen (secondary N) is 3. The molecular formula is C19H22ClN3O4S2. The molecule has 0 bridgehead atoms. The monoisotopic (exact) mass is 455 g/mol. The summed E-state index contributed by atoms with van der Waals surface area (Å²) < 4.78 is 27.8.